The van der Waals surface area contributed by atoms with E-state index in [-0.39, 0.29) is 0 Å². The molecule has 0 aromatic carbocycles. The van der Waals surface area contributed by atoms with Gasteiger partial charge in [0, 0.05) is 48.2 Å². The molecule has 2 N–H and O–H groups in total. The highest BCUT2D eigenvalue weighted by atomic mass is 32.2. The number of hydrogen-bond donors (Lipinski definition) is 2. The fraction of sp³-hybridized carbons (Fsp3) is 0.600. The summed E-state index contributed by atoms with van der Waals surface area (Å²) in [5.41, 5.74) is 0.918. The SMILES string of the molecule is CNc1nc(C)cc(NCCCS(C)=O)n1. The second kappa shape index (κ2) is 6.42. The first-order valence-corrected chi connectivity index (χ1v) is 6.92. The van der Waals surface area contributed by atoms with E-state index in [0.29, 0.717) is 5.95 Å². The number of rotatable bonds is 6. The Bertz CT molecular complexity index is 370. The van der Waals surface area contributed by atoms with Crippen molar-refractivity contribution in [3.63, 3.8) is 0 Å². The molecule has 0 radical (unpaired) electrons. The molecule has 0 aliphatic carbocycles. The Morgan fingerprint density at radius 3 is 2.81 bits per heavy atom. The minimum absolute atomic E-state index is 0.613. The van der Waals surface area contributed by atoms with Crippen LogP contribution in [0.5, 0.6) is 0 Å². The molecule has 1 unspecified atom stereocenters. The Kier molecular flexibility index (Phi) is 5.18. The average molecular weight is 242 g/mol. The van der Waals surface area contributed by atoms with E-state index in [1.807, 2.05) is 13.0 Å². The molecule has 16 heavy (non-hydrogen) atoms. The van der Waals surface area contributed by atoms with Crippen molar-refractivity contribution in [2.45, 2.75) is 13.3 Å². The summed E-state index contributed by atoms with van der Waals surface area (Å²) in [6.45, 7) is 2.70. The van der Waals surface area contributed by atoms with Crippen LogP contribution in [-0.2, 0) is 10.8 Å². The Morgan fingerprint density at radius 2 is 2.19 bits per heavy atom. The van der Waals surface area contributed by atoms with E-state index >= 15 is 0 Å². The standard InChI is InChI=1S/C10H18N4OS/c1-8-7-9(14-10(11-2)13-8)12-5-4-6-16(3)15/h7H,4-6H2,1-3H3,(H2,11,12,13,14). The van der Waals surface area contributed by atoms with Gasteiger partial charge in [0.2, 0.25) is 5.95 Å². The number of nitrogens with zero attached hydrogens (tertiary/aromatic N) is 2. The number of nitrogens with one attached hydrogen (secondary N) is 2. The van der Waals surface area contributed by atoms with Gasteiger partial charge in [-0.25, -0.2) is 4.98 Å². The first-order valence-electron chi connectivity index (χ1n) is 5.19. The Labute approximate surface area is 98.5 Å². The molecule has 0 saturated heterocycles. The van der Waals surface area contributed by atoms with Crippen molar-refractivity contribution in [1.29, 1.82) is 0 Å². The first kappa shape index (κ1) is 12.9. The summed E-state index contributed by atoms with van der Waals surface area (Å²) in [4.78, 5) is 8.46. The fourth-order valence-corrected chi connectivity index (χ4v) is 1.81. The molecule has 1 atom stereocenters. The van der Waals surface area contributed by atoms with Crippen molar-refractivity contribution >= 4 is 22.6 Å². The molecule has 1 rings (SSSR count). The lowest BCUT2D eigenvalue weighted by molar-refractivity contribution is 0.685. The lowest BCUT2D eigenvalue weighted by Crippen LogP contribution is -2.09. The van der Waals surface area contributed by atoms with Crippen LogP contribution in [-0.4, -0.2) is 39.8 Å². The maximum absolute atomic E-state index is 10.9. The van der Waals surface area contributed by atoms with E-state index < -0.39 is 10.8 Å². The van der Waals surface area contributed by atoms with Gasteiger partial charge in [0.25, 0.3) is 0 Å². The molecule has 90 valence electrons. The van der Waals surface area contributed by atoms with Gasteiger partial charge in [0.1, 0.15) is 5.82 Å². The molecule has 0 amide bonds. The van der Waals surface area contributed by atoms with Crippen LogP contribution >= 0.6 is 0 Å². The van der Waals surface area contributed by atoms with Gasteiger partial charge in [-0.3, -0.25) is 4.21 Å². The van der Waals surface area contributed by atoms with E-state index in [9.17, 15) is 4.21 Å². The van der Waals surface area contributed by atoms with Gasteiger partial charge in [-0.05, 0) is 13.3 Å². The topological polar surface area (TPSA) is 66.9 Å². The van der Waals surface area contributed by atoms with Gasteiger partial charge in [-0.2, -0.15) is 4.98 Å². The van der Waals surface area contributed by atoms with Crippen molar-refractivity contribution < 1.29 is 4.21 Å². The first-order chi connectivity index (χ1) is 7.61. The molecule has 0 aliphatic heterocycles. The smallest absolute Gasteiger partial charge is 0.224 e. The van der Waals surface area contributed by atoms with E-state index in [0.717, 1.165) is 30.2 Å². The van der Waals surface area contributed by atoms with Crippen molar-refractivity contribution in [1.82, 2.24) is 9.97 Å². The van der Waals surface area contributed by atoms with E-state index in [1.54, 1.807) is 13.3 Å². The van der Waals surface area contributed by atoms with Crippen LogP contribution < -0.4 is 10.6 Å². The van der Waals surface area contributed by atoms with Gasteiger partial charge in [0.15, 0.2) is 0 Å². The van der Waals surface area contributed by atoms with Crippen molar-refractivity contribution in [3.05, 3.63) is 11.8 Å². The van der Waals surface area contributed by atoms with E-state index in [4.69, 9.17) is 0 Å². The molecule has 5 nitrogen and oxygen atoms in total. The van der Waals surface area contributed by atoms with Gasteiger partial charge >= 0.3 is 0 Å². The normalized spacial score (nSPS) is 12.2. The molecular weight excluding hydrogens is 224 g/mol. The maximum Gasteiger partial charge on any atom is 0.224 e. The van der Waals surface area contributed by atoms with Crippen LogP contribution in [0.3, 0.4) is 0 Å². The van der Waals surface area contributed by atoms with Crippen LogP contribution in [0.25, 0.3) is 0 Å². The van der Waals surface area contributed by atoms with Crippen LogP contribution in [0, 0.1) is 6.92 Å². The van der Waals surface area contributed by atoms with Crippen LogP contribution in [0.1, 0.15) is 12.1 Å². The quantitative estimate of drug-likeness (QED) is 0.729. The molecule has 0 saturated carbocycles. The summed E-state index contributed by atoms with van der Waals surface area (Å²) in [7, 11) is 1.07. The third-order valence-electron chi connectivity index (χ3n) is 1.99. The Morgan fingerprint density at radius 1 is 1.44 bits per heavy atom. The zero-order valence-electron chi connectivity index (χ0n) is 9.91. The van der Waals surface area contributed by atoms with Gasteiger partial charge < -0.3 is 10.6 Å². The Balaban J connectivity index is 2.47. The fourth-order valence-electron chi connectivity index (χ4n) is 1.26. The van der Waals surface area contributed by atoms with Crippen LogP contribution in [0.15, 0.2) is 6.07 Å². The average Bonchev–Trinajstić information content (AvgIpc) is 2.23. The monoisotopic (exact) mass is 242 g/mol. The van der Waals surface area contributed by atoms with Gasteiger partial charge in [-0.1, -0.05) is 0 Å². The van der Waals surface area contributed by atoms with Crippen LogP contribution in [0.4, 0.5) is 11.8 Å². The zero-order valence-corrected chi connectivity index (χ0v) is 10.7. The van der Waals surface area contributed by atoms with Crippen molar-refractivity contribution in [3.8, 4) is 0 Å². The molecule has 1 aromatic rings. The summed E-state index contributed by atoms with van der Waals surface area (Å²) < 4.78 is 10.9. The van der Waals surface area contributed by atoms with Gasteiger partial charge in [-0.15, -0.1) is 0 Å². The van der Waals surface area contributed by atoms with Gasteiger partial charge in [0.05, 0.1) is 0 Å². The highest BCUT2D eigenvalue weighted by molar-refractivity contribution is 7.84. The molecule has 0 bridgehead atoms. The number of hydrogen-bond acceptors (Lipinski definition) is 5. The molecule has 1 aromatic heterocycles. The van der Waals surface area contributed by atoms with Crippen molar-refractivity contribution in [2.75, 3.05) is 36.2 Å². The molecule has 0 spiro atoms. The lowest BCUT2D eigenvalue weighted by Gasteiger charge is -2.07. The second-order valence-corrected chi connectivity index (χ2v) is 5.08. The van der Waals surface area contributed by atoms with Crippen molar-refractivity contribution in [2.24, 2.45) is 0 Å². The number of aromatic nitrogens is 2. The maximum atomic E-state index is 10.9. The summed E-state index contributed by atoms with van der Waals surface area (Å²) >= 11 is 0. The third-order valence-corrected chi connectivity index (χ3v) is 2.86. The number of aryl methyl sites for hydroxylation is 1. The third kappa shape index (κ3) is 4.57. The lowest BCUT2D eigenvalue weighted by atomic mass is 10.4. The highest BCUT2D eigenvalue weighted by Crippen LogP contribution is 2.08. The van der Waals surface area contributed by atoms with E-state index in [2.05, 4.69) is 20.6 Å². The Hall–Kier alpha value is -1.17. The minimum atomic E-state index is -0.719. The predicted molar refractivity (Wildman–Crippen MR) is 68.4 cm³/mol. The summed E-state index contributed by atoms with van der Waals surface area (Å²) in [5.74, 6) is 2.14. The summed E-state index contributed by atoms with van der Waals surface area (Å²) in [6, 6.07) is 1.89. The molecule has 0 aliphatic rings. The largest absolute Gasteiger partial charge is 0.370 e. The number of anilines is 2. The molecule has 6 heteroatoms. The minimum Gasteiger partial charge on any atom is -0.370 e. The van der Waals surface area contributed by atoms with E-state index in [1.165, 1.54) is 0 Å². The highest BCUT2D eigenvalue weighted by Gasteiger charge is 2.00. The molecular formula is C10H18N4OS. The second-order valence-electron chi connectivity index (χ2n) is 3.53. The summed E-state index contributed by atoms with van der Waals surface area (Å²) in [6.07, 6.45) is 2.59. The predicted octanol–water partition coefficient (Wildman–Crippen LogP) is 1.01. The summed E-state index contributed by atoms with van der Waals surface area (Å²) in [5, 5.41) is 6.10. The molecule has 1 heterocycles. The zero-order chi connectivity index (χ0) is 12.0. The molecule has 0 fully saturated rings. The van der Waals surface area contributed by atoms with Crippen LogP contribution in [0.2, 0.25) is 0 Å².